The van der Waals surface area contributed by atoms with E-state index in [1.165, 1.54) is 0 Å². The molecule has 0 aliphatic heterocycles. The van der Waals surface area contributed by atoms with Gasteiger partial charge in [-0.1, -0.05) is 0 Å². The molecular formula is HCdSSeZn. The van der Waals surface area contributed by atoms with Gasteiger partial charge in [0.15, 0.2) is 0 Å². The molecule has 0 heterocycles. The predicted molar refractivity (Wildman–Crippen MR) is 14.7 cm³/mol. The molecule has 0 aromatic heterocycles. The minimum atomic E-state index is 0. The number of hydrogen-bond acceptors (Lipinski definition) is 1. The summed E-state index contributed by atoms with van der Waals surface area (Å²) in [5.41, 5.74) is 0. The van der Waals surface area contributed by atoms with Crippen LogP contribution in [0.25, 0.3) is 0 Å². The minimum absolute atomic E-state index is 0. The third kappa shape index (κ3) is 8.86. The van der Waals surface area contributed by atoms with Crippen LogP contribution in [0, 0.1) is 0 Å². The zero-order chi connectivity index (χ0) is 2.00. The molecule has 0 aromatic rings. The fraction of sp³-hybridized carbons (Fsp3) is 0. The first-order valence-corrected chi connectivity index (χ1v) is 4.50. The topological polar surface area (TPSA) is 0 Å². The van der Waals surface area contributed by atoms with Crippen molar-refractivity contribution in [2.24, 2.45) is 0 Å². The normalized spacial score (nSPS) is 1.50. The van der Waals surface area contributed by atoms with Crippen LogP contribution in [-0.4, -0.2) is 17.1 Å². The quantitative estimate of drug-likeness (QED) is 0.566. The van der Waals surface area contributed by atoms with E-state index < -0.39 is 0 Å². The molecule has 4 heteroatoms. The van der Waals surface area contributed by atoms with E-state index in [-0.39, 0.29) is 44.4 Å². The van der Waals surface area contributed by atoms with Crippen molar-refractivity contribution in [2.45, 2.75) is 0 Å². The van der Waals surface area contributed by atoms with Gasteiger partial charge in [-0.3, -0.25) is 0 Å². The molecule has 0 aliphatic carbocycles. The van der Waals surface area contributed by atoms with E-state index in [0.29, 0.717) is 0 Å². The van der Waals surface area contributed by atoms with E-state index in [9.17, 15) is 0 Å². The van der Waals surface area contributed by atoms with Crippen molar-refractivity contribution >= 4 is 27.2 Å². The van der Waals surface area contributed by atoms with Crippen LogP contribution in [0.4, 0.5) is 0 Å². The second-order valence-electron chi connectivity index (χ2n) is 0. The SMILES string of the molecule is [Cd].[S]=[Zn].[SeH]. The van der Waals surface area contributed by atoms with Crippen molar-refractivity contribution in [3.8, 4) is 0 Å². The second-order valence-corrected chi connectivity index (χ2v) is 0. The Hall–Kier alpha value is 2.28. The van der Waals surface area contributed by atoms with Crippen molar-refractivity contribution in [2.75, 3.05) is 0 Å². The molecule has 1 radical (unpaired) electrons. The van der Waals surface area contributed by atoms with Gasteiger partial charge in [-0.2, -0.15) is 0 Å². The molecule has 0 saturated heterocycles. The Kier molecular flexibility index (Phi) is 75.6. The van der Waals surface area contributed by atoms with Crippen LogP contribution < -0.4 is 0 Å². The summed E-state index contributed by atoms with van der Waals surface area (Å²) in [6, 6.07) is 0. The fourth-order valence-corrected chi connectivity index (χ4v) is 0. The van der Waals surface area contributed by atoms with Crippen LogP contribution in [0.2, 0.25) is 0 Å². The summed E-state index contributed by atoms with van der Waals surface area (Å²) in [6.45, 7) is 0. The Bertz CT molecular complexity index is 8.00. The predicted octanol–water partition coefficient (Wildman–Crippen LogP) is -0.00530. The summed E-state index contributed by atoms with van der Waals surface area (Å²) in [5.74, 6) is 0. The average Bonchev–Trinajstić information content (AvgIpc) is 1.00. The van der Waals surface area contributed by atoms with Crippen molar-refractivity contribution in [3.63, 3.8) is 0 Å². The monoisotopic (exact) mass is 291 g/mol. The van der Waals surface area contributed by atoms with Gasteiger partial charge in [0.25, 0.3) is 0 Å². The van der Waals surface area contributed by atoms with Crippen LogP contribution in [0.5, 0.6) is 0 Å². The van der Waals surface area contributed by atoms with E-state index >= 15 is 0 Å². The van der Waals surface area contributed by atoms with Crippen LogP contribution in [0.1, 0.15) is 0 Å². The van der Waals surface area contributed by atoms with Gasteiger partial charge in [0.05, 0.1) is 0 Å². The third-order valence-electron chi connectivity index (χ3n) is 0. The molecule has 0 N–H and O–H groups in total. The molecule has 0 rings (SSSR count). The first kappa shape index (κ1) is 16.3. The molecule has 4 heavy (non-hydrogen) atoms. The standard InChI is InChI=1S/Cd.S.HSe.Zn/h;;1H;. The molecule has 0 aromatic carbocycles. The molecule has 0 fully saturated rings. The van der Waals surface area contributed by atoms with Gasteiger partial charge in [-0.25, -0.2) is 0 Å². The summed E-state index contributed by atoms with van der Waals surface area (Å²) >= 11 is 0.958. The summed E-state index contributed by atoms with van der Waals surface area (Å²) < 4.78 is 0. The Morgan fingerprint density at radius 2 is 1.25 bits per heavy atom. The van der Waals surface area contributed by atoms with Gasteiger partial charge in [-0.15, -0.1) is 0 Å². The number of rotatable bonds is 0. The Labute approximate surface area is 70.0 Å². The van der Waals surface area contributed by atoms with E-state index in [1.807, 2.05) is 0 Å². The van der Waals surface area contributed by atoms with Crippen LogP contribution >= 0.6 is 10.1 Å². The summed E-state index contributed by atoms with van der Waals surface area (Å²) in [7, 11) is 4.21. The summed E-state index contributed by atoms with van der Waals surface area (Å²) in [5, 5.41) is 0. The zero-order valence-corrected chi connectivity index (χ0v) is 12.0. The van der Waals surface area contributed by atoms with Gasteiger partial charge in [-0.05, 0) is 0 Å². The van der Waals surface area contributed by atoms with E-state index in [4.69, 9.17) is 0 Å². The first-order valence-electron chi connectivity index (χ1n) is 0.289. The van der Waals surface area contributed by atoms with Gasteiger partial charge in [0.2, 0.25) is 0 Å². The molecule has 0 aliphatic rings. The second kappa shape index (κ2) is 18.6. The molecule has 0 unspecified atom stereocenters. The van der Waals surface area contributed by atoms with Crippen LogP contribution in [0.3, 0.4) is 0 Å². The maximum atomic E-state index is 4.21. The Morgan fingerprint density at radius 1 is 1.25 bits per heavy atom. The van der Waals surface area contributed by atoms with Crippen molar-refractivity contribution < 1.29 is 43.9 Å². The first-order chi connectivity index (χ1) is 1.00. The average molecular weight is 290 g/mol. The van der Waals surface area contributed by atoms with E-state index in [0.717, 1.165) is 16.6 Å². The molecule has 0 saturated carbocycles. The Morgan fingerprint density at radius 3 is 1.25 bits per heavy atom. The molecule has 0 atom stereocenters. The van der Waals surface area contributed by atoms with Gasteiger partial charge in [0.1, 0.15) is 0 Å². The summed E-state index contributed by atoms with van der Waals surface area (Å²) in [6.07, 6.45) is 0. The molecule has 0 spiro atoms. The van der Waals surface area contributed by atoms with Crippen LogP contribution in [-0.2, 0) is 43.9 Å². The fourth-order valence-electron chi connectivity index (χ4n) is 0. The van der Waals surface area contributed by atoms with Crippen molar-refractivity contribution in [3.05, 3.63) is 0 Å². The van der Waals surface area contributed by atoms with E-state index in [2.05, 4.69) is 10.1 Å². The van der Waals surface area contributed by atoms with Gasteiger partial charge in [0, 0.05) is 27.3 Å². The van der Waals surface area contributed by atoms with E-state index in [1.54, 1.807) is 0 Å². The summed E-state index contributed by atoms with van der Waals surface area (Å²) in [4.78, 5) is 0. The molecule has 0 amide bonds. The third-order valence-corrected chi connectivity index (χ3v) is 0. The molecular weight excluding hydrogens is 289 g/mol. The van der Waals surface area contributed by atoms with Gasteiger partial charge < -0.3 is 0 Å². The zero-order valence-electron chi connectivity index (χ0n) is 2.27. The Balaban J connectivity index is -0.00000000500. The van der Waals surface area contributed by atoms with Gasteiger partial charge >= 0.3 is 43.7 Å². The molecule has 0 nitrogen and oxygen atoms in total. The van der Waals surface area contributed by atoms with Crippen molar-refractivity contribution in [1.82, 2.24) is 0 Å². The van der Waals surface area contributed by atoms with Crippen molar-refractivity contribution in [1.29, 1.82) is 0 Å². The maximum absolute atomic E-state index is 4.21. The molecule has 0 bridgehead atoms. The van der Waals surface area contributed by atoms with Crippen LogP contribution in [0.15, 0.2) is 0 Å². The number of hydrogen-bond donors (Lipinski definition) is 0. The molecule has 17 valence electrons.